The van der Waals surface area contributed by atoms with Gasteiger partial charge in [-0.05, 0) is 50.9 Å². The molecular weight excluding hydrogens is 342 g/mol. The average Bonchev–Trinajstić information content (AvgIpc) is 2.72. The van der Waals surface area contributed by atoms with E-state index < -0.39 is 0 Å². The van der Waals surface area contributed by atoms with E-state index in [0.29, 0.717) is 11.9 Å². The lowest BCUT2D eigenvalue weighted by Crippen LogP contribution is -2.56. The normalized spacial score (nSPS) is 20.3. The predicted octanol–water partition coefficient (Wildman–Crippen LogP) is 2.64. The van der Waals surface area contributed by atoms with Gasteiger partial charge in [-0.2, -0.15) is 11.8 Å². The summed E-state index contributed by atoms with van der Waals surface area (Å²) < 4.78 is 0. The van der Waals surface area contributed by atoms with Gasteiger partial charge < -0.3 is 10.2 Å². The summed E-state index contributed by atoms with van der Waals surface area (Å²) in [6.45, 7) is 7.18. The van der Waals surface area contributed by atoms with Crippen LogP contribution in [-0.4, -0.2) is 72.0 Å². The van der Waals surface area contributed by atoms with Crippen LogP contribution in [0.3, 0.4) is 0 Å². The Hall–Kier alpha value is -1.04. The highest BCUT2D eigenvalue weighted by Crippen LogP contribution is 2.22. The molecule has 26 heavy (non-hydrogen) atoms. The summed E-state index contributed by atoms with van der Waals surface area (Å²) in [4.78, 5) is 18.2. The predicted molar refractivity (Wildman–Crippen MR) is 111 cm³/mol. The third-order valence-electron chi connectivity index (χ3n) is 5.54. The van der Waals surface area contributed by atoms with Gasteiger partial charge in [-0.1, -0.05) is 37.3 Å². The second kappa shape index (κ2) is 10.3. The lowest BCUT2D eigenvalue weighted by Gasteiger charge is -2.41. The Morgan fingerprint density at radius 1 is 1.23 bits per heavy atom. The molecule has 5 heteroatoms. The fourth-order valence-corrected chi connectivity index (χ4v) is 5.07. The molecule has 0 radical (unpaired) electrons. The van der Waals surface area contributed by atoms with Crippen LogP contribution in [0.4, 0.5) is 0 Å². The zero-order chi connectivity index (χ0) is 18.2. The van der Waals surface area contributed by atoms with Gasteiger partial charge in [-0.15, -0.1) is 0 Å². The molecule has 4 nitrogen and oxygen atoms in total. The Balaban J connectivity index is 1.82. The van der Waals surface area contributed by atoms with E-state index in [1.54, 1.807) is 0 Å². The molecule has 1 aromatic carbocycles. The van der Waals surface area contributed by atoms with E-state index in [1.807, 2.05) is 11.8 Å². The summed E-state index contributed by atoms with van der Waals surface area (Å²) in [7, 11) is 0. The Bertz CT molecular complexity index is 541. The minimum atomic E-state index is -0.0245. The van der Waals surface area contributed by atoms with Gasteiger partial charge in [0.05, 0.1) is 6.04 Å². The third-order valence-corrected chi connectivity index (χ3v) is 6.48. The first-order valence-electron chi connectivity index (χ1n) is 10.2. The largest absolute Gasteiger partial charge is 0.340 e. The number of piperidine rings is 1. The highest BCUT2D eigenvalue weighted by Gasteiger charge is 2.34. The first-order valence-corrected chi connectivity index (χ1v) is 11.3. The fourth-order valence-electron chi connectivity index (χ4n) is 4.17. The van der Waals surface area contributed by atoms with Crippen LogP contribution in [0.25, 0.3) is 0 Å². The second-order valence-electron chi connectivity index (χ2n) is 7.36. The summed E-state index contributed by atoms with van der Waals surface area (Å²) in [5.74, 6) is 2.50. The summed E-state index contributed by atoms with van der Waals surface area (Å²) in [5, 5.41) is 3.47. The molecule has 0 aliphatic carbocycles. The summed E-state index contributed by atoms with van der Waals surface area (Å²) in [5.41, 5.74) is 1.27. The van der Waals surface area contributed by atoms with Crippen LogP contribution >= 0.6 is 11.8 Å². The van der Waals surface area contributed by atoms with Crippen LogP contribution < -0.4 is 5.32 Å². The molecule has 1 atom stereocenters. The fraction of sp³-hybridized carbons (Fsp3) is 0.667. The standard InChI is InChI=1S/C21H33N3OS/c1-2-12-24(19-8-10-22-11-9-19)20(17-18-6-4-3-5-7-18)21(25)23-13-15-26-16-14-23/h3-7,19-20,22H,2,8-17H2,1H3/t20-/m0/s1. The van der Waals surface area contributed by atoms with Gasteiger partial charge >= 0.3 is 0 Å². The number of carbonyl (C=O) groups is 1. The van der Waals surface area contributed by atoms with Gasteiger partial charge in [0, 0.05) is 30.6 Å². The van der Waals surface area contributed by atoms with Crippen LogP contribution in [0, 0.1) is 0 Å². The van der Waals surface area contributed by atoms with Crippen molar-refractivity contribution < 1.29 is 4.79 Å². The molecule has 2 heterocycles. The number of nitrogens with zero attached hydrogens (tertiary/aromatic N) is 2. The van der Waals surface area contributed by atoms with Gasteiger partial charge in [0.2, 0.25) is 5.91 Å². The van der Waals surface area contributed by atoms with E-state index >= 15 is 0 Å². The molecule has 0 aromatic heterocycles. The minimum absolute atomic E-state index is 0.0245. The summed E-state index contributed by atoms with van der Waals surface area (Å²) >= 11 is 1.96. The zero-order valence-electron chi connectivity index (χ0n) is 16.0. The van der Waals surface area contributed by atoms with Crippen molar-refractivity contribution >= 4 is 17.7 Å². The number of thioether (sulfide) groups is 1. The van der Waals surface area contributed by atoms with Crippen LogP contribution in [0.5, 0.6) is 0 Å². The van der Waals surface area contributed by atoms with Gasteiger partial charge in [0.15, 0.2) is 0 Å². The molecule has 2 fully saturated rings. The highest BCUT2D eigenvalue weighted by atomic mass is 32.2. The first kappa shape index (κ1) is 19.7. The minimum Gasteiger partial charge on any atom is -0.340 e. The molecule has 1 amide bonds. The molecule has 2 aliphatic heterocycles. The number of rotatable bonds is 7. The van der Waals surface area contributed by atoms with Crippen molar-refractivity contribution in [2.75, 3.05) is 44.2 Å². The average molecular weight is 376 g/mol. The SMILES string of the molecule is CCCN(C1CCNCC1)[C@@H](Cc1ccccc1)C(=O)N1CCSCC1. The van der Waals surface area contributed by atoms with Crippen molar-refractivity contribution in [1.82, 2.24) is 15.1 Å². The summed E-state index contributed by atoms with van der Waals surface area (Å²) in [6.07, 6.45) is 4.22. The summed E-state index contributed by atoms with van der Waals surface area (Å²) in [6, 6.07) is 11.1. The lowest BCUT2D eigenvalue weighted by molar-refractivity contribution is -0.138. The molecule has 0 spiro atoms. The molecule has 3 rings (SSSR count). The van der Waals surface area contributed by atoms with Crippen LogP contribution in [0.15, 0.2) is 30.3 Å². The van der Waals surface area contributed by atoms with Crippen molar-refractivity contribution in [3.05, 3.63) is 35.9 Å². The highest BCUT2D eigenvalue weighted by molar-refractivity contribution is 7.99. The van der Waals surface area contributed by atoms with Crippen molar-refractivity contribution in [1.29, 1.82) is 0 Å². The molecule has 1 N–H and O–H groups in total. The number of amides is 1. The lowest BCUT2D eigenvalue weighted by atomic mass is 9.97. The van der Waals surface area contributed by atoms with E-state index in [9.17, 15) is 4.79 Å². The van der Waals surface area contributed by atoms with E-state index in [4.69, 9.17) is 0 Å². The van der Waals surface area contributed by atoms with E-state index in [2.05, 4.69) is 52.4 Å². The third kappa shape index (κ3) is 5.24. The maximum absolute atomic E-state index is 13.5. The molecule has 0 bridgehead atoms. The topological polar surface area (TPSA) is 35.6 Å². The number of hydrogen-bond donors (Lipinski definition) is 1. The quantitative estimate of drug-likeness (QED) is 0.795. The van der Waals surface area contributed by atoms with E-state index in [0.717, 1.165) is 69.9 Å². The van der Waals surface area contributed by atoms with E-state index in [1.165, 1.54) is 5.56 Å². The van der Waals surface area contributed by atoms with Crippen molar-refractivity contribution in [3.8, 4) is 0 Å². The first-order chi connectivity index (χ1) is 12.8. The Morgan fingerprint density at radius 3 is 2.58 bits per heavy atom. The maximum atomic E-state index is 13.5. The molecule has 144 valence electrons. The van der Waals surface area contributed by atoms with Gasteiger partial charge in [-0.25, -0.2) is 0 Å². The Kier molecular flexibility index (Phi) is 7.84. The smallest absolute Gasteiger partial charge is 0.240 e. The molecule has 0 unspecified atom stereocenters. The number of carbonyl (C=O) groups excluding carboxylic acids is 1. The maximum Gasteiger partial charge on any atom is 0.240 e. The molecule has 1 aromatic rings. The number of hydrogen-bond acceptors (Lipinski definition) is 4. The molecule has 2 aliphatic rings. The zero-order valence-corrected chi connectivity index (χ0v) is 16.8. The molecule has 0 saturated carbocycles. The van der Waals surface area contributed by atoms with Gasteiger partial charge in [0.1, 0.15) is 0 Å². The monoisotopic (exact) mass is 375 g/mol. The van der Waals surface area contributed by atoms with E-state index in [-0.39, 0.29) is 6.04 Å². The van der Waals surface area contributed by atoms with Crippen molar-refractivity contribution in [2.45, 2.75) is 44.7 Å². The molecular formula is C21H33N3OS. The van der Waals surface area contributed by atoms with Crippen LogP contribution in [-0.2, 0) is 11.2 Å². The van der Waals surface area contributed by atoms with Gasteiger partial charge in [-0.3, -0.25) is 9.69 Å². The van der Waals surface area contributed by atoms with Crippen molar-refractivity contribution in [2.24, 2.45) is 0 Å². The Labute approximate surface area is 162 Å². The second-order valence-corrected chi connectivity index (χ2v) is 8.59. The van der Waals surface area contributed by atoms with Gasteiger partial charge in [0.25, 0.3) is 0 Å². The number of benzene rings is 1. The van der Waals surface area contributed by atoms with Crippen LogP contribution in [0.2, 0.25) is 0 Å². The van der Waals surface area contributed by atoms with Crippen LogP contribution in [0.1, 0.15) is 31.7 Å². The number of nitrogens with one attached hydrogen (secondary N) is 1. The Morgan fingerprint density at radius 2 is 1.92 bits per heavy atom. The van der Waals surface area contributed by atoms with Crippen molar-refractivity contribution in [3.63, 3.8) is 0 Å². The molecule has 2 saturated heterocycles.